The van der Waals surface area contributed by atoms with Crippen LogP contribution in [0.3, 0.4) is 0 Å². The Kier molecular flexibility index (Phi) is 10.1. The van der Waals surface area contributed by atoms with E-state index >= 15 is 0 Å². The lowest BCUT2D eigenvalue weighted by Crippen LogP contribution is -2.61. The zero-order valence-electron chi connectivity index (χ0n) is 27.9. The lowest BCUT2D eigenvalue weighted by atomic mass is 9.89. The van der Waals surface area contributed by atoms with E-state index in [1.54, 1.807) is 4.90 Å². The Labute approximate surface area is 302 Å². The molecule has 2 saturated heterocycles. The fourth-order valence-electron chi connectivity index (χ4n) is 6.36. The van der Waals surface area contributed by atoms with Gasteiger partial charge in [0, 0.05) is 42.1 Å². The molecule has 1 aromatic carbocycles. The number of aromatic hydroxyl groups is 2. The number of tetrazole rings is 1. The van der Waals surface area contributed by atoms with Gasteiger partial charge in [0.15, 0.2) is 33.9 Å². The molecule has 0 unspecified atom stereocenters. The quantitative estimate of drug-likeness (QED) is 0.0434. The number of nitrogens with zero attached hydrogens (tertiary/aromatic N) is 8. The van der Waals surface area contributed by atoms with Gasteiger partial charge in [0.2, 0.25) is 23.2 Å². The topological polar surface area (TPSA) is 272 Å². The molecule has 3 aromatic rings. The molecule has 3 aliphatic rings. The Morgan fingerprint density at radius 2 is 2.00 bits per heavy atom. The molecular weight excluding hydrogens is 726 g/mol. The van der Waals surface area contributed by atoms with E-state index in [-0.39, 0.29) is 41.4 Å². The molecule has 19 nitrogen and oxygen atoms in total. The van der Waals surface area contributed by atoms with Gasteiger partial charge in [-0.2, -0.15) is 14.6 Å². The highest BCUT2D eigenvalue weighted by atomic mass is 32.2. The fraction of sp³-hybridized carbons (Fsp3) is 0.467. The summed E-state index contributed by atoms with van der Waals surface area (Å²) in [6.07, 6.45) is 1.56. The number of phenolic OH excluding ortho intramolecular Hbond substituents is 2. The fourth-order valence-corrected chi connectivity index (χ4v) is 8.20. The van der Waals surface area contributed by atoms with E-state index in [1.807, 2.05) is 0 Å². The van der Waals surface area contributed by atoms with E-state index in [4.69, 9.17) is 10.6 Å². The number of nitrogens with two attached hydrogens (primary N) is 1. The number of likely N-dealkylation sites (tertiary alicyclic amines) is 1. The van der Waals surface area contributed by atoms with Gasteiger partial charge in [0.05, 0.1) is 48.7 Å². The number of thioether (sulfide) groups is 1. The number of ketones is 1. The maximum absolute atomic E-state index is 14.4. The third kappa shape index (κ3) is 7.12. The number of quaternary nitrogens is 1. The summed E-state index contributed by atoms with van der Waals surface area (Å²) in [6.45, 7) is 5.24. The summed E-state index contributed by atoms with van der Waals surface area (Å²) in [6, 6.07) is 2.13. The number of hydrogen-bond donors (Lipinski definition) is 6. The van der Waals surface area contributed by atoms with Crippen molar-refractivity contribution in [3.63, 3.8) is 0 Å². The molecule has 0 saturated carbocycles. The molecule has 7 N–H and O–H groups in total. The molecule has 2 fully saturated rings. The minimum atomic E-state index is -1.77. The Bertz CT molecular complexity index is 1960. The van der Waals surface area contributed by atoms with Crippen LogP contribution in [-0.4, -0.2) is 133 Å². The number of carbonyl (C=O) groups excluding carboxylic acids is 3. The number of Topliss-reactive ketones (excluding diaryl/α,β-unsaturated/α-hetero) is 1. The second-order valence-corrected chi connectivity index (χ2v) is 15.0. The zero-order valence-corrected chi connectivity index (χ0v) is 29.5. The van der Waals surface area contributed by atoms with Crippen LogP contribution in [-0.2, 0) is 19.2 Å². The summed E-state index contributed by atoms with van der Waals surface area (Å²) >= 11 is 2.28. The monoisotopic (exact) mass is 760 g/mol. The second kappa shape index (κ2) is 14.4. The number of anilines is 1. The molecule has 22 heteroatoms. The van der Waals surface area contributed by atoms with Crippen molar-refractivity contribution < 1.29 is 48.2 Å². The summed E-state index contributed by atoms with van der Waals surface area (Å²) < 4.78 is 19.0. The summed E-state index contributed by atoms with van der Waals surface area (Å²) in [5.41, 5.74) is 4.55. The molecule has 0 bridgehead atoms. The second-order valence-electron chi connectivity index (χ2n) is 13.1. The zero-order chi connectivity index (χ0) is 37.4. The van der Waals surface area contributed by atoms with Crippen LogP contribution in [0, 0.1) is 11.7 Å². The molecule has 3 aliphatic heterocycles. The number of aliphatic carboxylic acids is 1. The van der Waals surface area contributed by atoms with Crippen LogP contribution in [0.5, 0.6) is 11.5 Å². The number of carboxylic acids is 1. The standard InChI is InChI=1S/C30H34FN11O8S2/c1-30(2,28(48)49)50-37-20(23-34-29(32)52-38-23)18(44)11-16-26(47)41-21(24-35-39-40-36-24)14(13-51-27(16)41)12-42(8-3-4-9-42)10-7-33-25(46)15-5-6-17(43)22(45)19(15)31/h5-6,16,27H,3-4,7-13H2,1-2H3,(H6-,32,33,34,35,36,37,38,39,40,43,44,45,46,48,49)/p+1/t16-,27-/m1/s1. The number of amides is 2. The molecule has 0 aliphatic carbocycles. The van der Waals surface area contributed by atoms with Crippen LogP contribution in [0.2, 0.25) is 0 Å². The average molecular weight is 761 g/mol. The van der Waals surface area contributed by atoms with Crippen LogP contribution in [0.15, 0.2) is 22.9 Å². The molecule has 2 aromatic heterocycles. The van der Waals surface area contributed by atoms with Crippen LogP contribution >= 0.6 is 23.3 Å². The van der Waals surface area contributed by atoms with E-state index in [0.717, 1.165) is 55.2 Å². The highest BCUT2D eigenvalue weighted by Gasteiger charge is 2.54. The van der Waals surface area contributed by atoms with Crippen LogP contribution in [0.4, 0.5) is 9.52 Å². The number of carbonyl (C=O) groups is 4. The maximum atomic E-state index is 14.4. The van der Waals surface area contributed by atoms with Crippen molar-refractivity contribution >= 4 is 63.4 Å². The van der Waals surface area contributed by atoms with Gasteiger partial charge >= 0.3 is 5.97 Å². The number of phenols is 2. The number of β-lactam (4-membered cyclic amide) rings is 1. The summed E-state index contributed by atoms with van der Waals surface area (Å²) in [5, 5.41) is 49.3. The molecule has 2 atom stereocenters. The van der Waals surface area contributed by atoms with E-state index in [2.05, 4.69) is 40.5 Å². The third-order valence-electron chi connectivity index (χ3n) is 9.17. The molecule has 0 radical (unpaired) electrons. The number of H-pyrrole nitrogens is 1. The number of rotatable bonds is 14. The van der Waals surface area contributed by atoms with Crippen molar-refractivity contribution in [2.24, 2.45) is 11.1 Å². The lowest BCUT2D eigenvalue weighted by Gasteiger charge is -2.50. The van der Waals surface area contributed by atoms with E-state index in [0.29, 0.717) is 29.0 Å². The SMILES string of the molecule is CC(C)(O/N=C(\C(=O)C[C@@H]1C(=O)N2C(c3nn[nH]n3)=C(C[N+]3(CCNC(=O)c4ccc(O)c(O)c4F)CCCC3)CS[C@H]12)c1nsc(N)n1)C(=O)O. The van der Waals surface area contributed by atoms with E-state index in [1.165, 1.54) is 25.6 Å². The maximum Gasteiger partial charge on any atom is 0.350 e. The largest absolute Gasteiger partial charge is 0.504 e. The van der Waals surface area contributed by atoms with Crippen molar-refractivity contribution in [1.29, 1.82) is 0 Å². The normalized spacial score (nSPS) is 20.0. The Balaban J connectivity index is 1.19. The lowest BCUT2D eigenvalue weighted by molar-refractivity contribution is -0.911. The Hall–Kier alpha value is -5.22. The minimum absolute atomic E-state index is 0.0523. The average Bonchev–Trinajstić information content (AvgIpc) is 3.90. The van der Waals surface area contributed by atoms with E-state index < -0.39 is 57.4 Å². The number of benzene rings is 1. The van der Waals surface area contributed by atoms with Gasteiger partial charge in [-0.25, -0.2) is 9.18 Å². The van der Waals surface area contributed by atoms with Crippen molar-refractivity contribution in [3.8, 4) is 11.5 Å². The molecule has 6 rings (SSSR count). The first-order chi connectivity index (χ1) is 24.7. The predicted octanol–water partition coefficient (Wildman–Crippen LogP) is 0.710. The third-order valence-corrected chi connectivity index (χ3v) is 11.1. The van der Waals surface area contributed by atoms with Gasteiger partial charge in [-0.3, -0.25) is 19.3 Å². The number of carboxylic acid groups (broad SMARTS) is 1. The minimum Gasteiger partial charge on any atom is -0.504 e. The molecule has 276 valence electrons. The van der Waals surface area contributed by atoms with Gasteiger partial charge in [0.1, 0.15) is 6.54 Å². The van der Waals surface area contributed by atoms with Gasteiger partial charge in [-0.05, 0) is 31.2 Å². The summed E-state index contributed by atoms with van der Waals surface area (Å²) in [5.74, 6) is -6.19. The number of nitrogen functional groups attached to an aromatic ring is 1. The smallest absolute Gasteiger partial charge is 0.350 e. The number of nitrogens with one attached hydrogen (secondary N) is 2. The molecule has 0 spiro atoms. The number of hydrogen-bond acceptors (Lipinski definition) is 16. The Morgan fingerprint density at radius 3 is 2.65 bits per heavy atom. The number of aromatic amines is 1. The number of oxime groups is 1. The van der Waals surface area contributed by atoms with Gasteiger partial charge in [-0.1, -0.05) is 5.16 Å². The molecule has 2 amide bonds. The van der Waals surface area contributed by atoms with Crippen molar-refractivity contribution in [1.82, 2.24) is 40.2 Å². The first-order valence-corrected chi connectivity index (χ1v) is 17.9. The van der Waals surface area contributed by atoms with Crippen LogP contribution in [0.25, 0.3) is 5.70 Å². The first kappa shape index (κ1) is 36.6. The molecule has 5 heterocycles. The number of aromatic nitrogens is 6. The molecular formula is C30H35FN11O8S2+. The number of fused-ring (bicyclic) bond motifs is 1. The Morgan fingerprint density at radius 1 is 1.25 bits per heavy atom. The predicted molar refractivity (Wildman–Crippen MR) is 182 cm³/mol. The molecule has 52 heavy (non-hydrogen) atoms. The van der Waals surface area contributed by atoms with Gasteiger partial charge in [0.25, 0.3) is 5.91 Å². The number of halogens is 1. The summed E-state index contributed by atoms with van der Waals surface area (Å²) in [4.78, 5) is 62.6. The van der Waals surface area contributed by atoms with Crippen LogP contribution in [0.1, 0.15) is 55.1 Å². The summed E-state index contributed by atoms with van der Waals surface area (Å²) in [7, 11) is 0. The van der Waals surface area contributed by atoms with Gasteiger partial charge < -0.3 is 35.7 Å². The van der Waals surface area contributed by atoms with Gasteiger partial charge in [-0.15, -0.1) is 22.0 Å². The van der Waals surface area contributed by atoms with E-state index in [9.17, 15) is 38.9 Å². The highest BCUT2D eigenvalue weighted by Crippen LogP contribution is 2.48. The highest BCUT2D eigenvalue weighted by molar-refractivity contribution is 8.00. The van der Waals surface area contributed by atoms with Crippen molar-refractivity contribution in [3.05, 3.63) is 40.7 Å². The van der Waals surface area contributed by atoms with Crippen molar-refractivity contribution in [2.75, 3.05) is 44.2 Å². The first-order valence-electron chi connectivity index (χ1n) is 16.1. The van der Waals surface area contributed by atoms with Crippen LogP contribution < -0.4 is 11.1 Å². The van der Waals surface area contributed by atoms with Crippen molar-refractivity contribution in [2.45, 2.75) is 44.1 Å².